The van der Waals surface area contributed by atoms with E-state index in [4.69, 9.17) is 0 Å². The second kappa shape index (κ2) is 10.7. The van der Waals surface area contributed by atoms with Crippen LogP contribution in [0.5, 0.6) is 0 Å². The Hall–Kier alpha value is -4.72. The zero-order valence-electron chi connectivity index (χ0n) is 21.1. The highest BCUT2D eigenvalue weighted by Gasteiger charge is 2.20. The van der Waals surface area contributed by atoms with Gasteiger partial charge < -0.3 is 15.1 Å². The van der Waals surface area contributed by atoms with Crippen molar-refractivity contribution in [3.8, 4) is 5.82 Å². The predicted octanol–water partition coefficient (Wildman–Crippen LogP) is 4.00. The summed E-state index contributed by atoms with van der Waals surface area (Å²) in [5, 5.41) is 13.2. The second-order valence-electron chi connectivity index (χ2n) is 9.39. The zero-order valence-corrected chi connectivity index (χ0v) is 21.1. The molecule has 8 nitrogen and oxygen atoms in total. The monoisotopic (exact) mass is 503 g/mol. The highest BCUT2D eigenvalue weighted by molar-refractivity contribution is 5.90. The van der Waals surface area contributed by atoms with Crippen LogP contribution in [0.2, 0.25) is 0 Å². The van der Waals surface area contributed by atoms with Crippen LogP contribution in [0.25, 0.3) is 16.7 Å². The number of pyridine rings is 1. The third kappa shape index (κ3) is 5.06. The van der Waals surface area contributed by atoms with E-state index in [0.29, 0.717) is 13.0 Å². The number of para-hydroxylation sites is 1. The van der Waals surface area contributed by atoms with Gasteiger partial charge in [0.15, 0.2) is 11.6 Å². The summed E-state index contributed by atoms with van der Waals surface area (Å²) in [6.45, 7) is 4.01. The van der Waals surface area contributed by atoms with E-state index >= 15 is 0 Å². The normalized spacial score (nSPS) is 13.6. The molecule has 1 fully saturated rings. The third-order valence-corrected chi connectivity index (χ3v) is 6.94. The number of hydrogen-bond acceptors (Lipinski definition) is 6. The molecule has 0 bridgehead atoms. The number of amides is 1. The first kappa shape index (κ1) is 23.7. The molecule has 4 heterocycles. The Morgan fingerprint density at radius 2 is 1.42 bits per heavy atom. The van der Waals surface area contributed by atoms with E-state index in [2.05, 4.69) is 36.4 Å². The SMILES string of the molecule is O=C(Cc1cn(-c2ccc(N3CCN(c4ccccn4)CC3)nn2)c2ccccc12)NCc1ccccc1. The summed E-state index contributed by atoms with van der Waals surface area (Å²) in [5.74, 6) is 2.60. The van der Waals surface area contributed by atoms with Crippen LogP contribution in [0.1, 0.15) is 11.1 Å². The summed E-state index contributed by atoms with van der Waals surface area (Å²) in [6.07, 6.45) is 4.13. The number of fused-ring (bicyclic) bond motifs is 1. The van der Waals surface area contributed by atoms with Crippen molar-refractivity contribution in [1.29, 1.82) is 0 Å². The molecule has 6 rings (SSSR count). The molecule has 0 unspecified atom stereocenters. The van der Waals surface area contributed by atoms with E-state index in [1.165, 1.54) is 0 Å². The first-order valence-electron chi connectivity index (χ1n) is 12.9. The zero-order chi connectivity index (χ0) is 25.7. The molecule has 0 atom stereocenters. The van der Waals surface area contributed by atoms with Crippen molar-refractivity contribution in [3.63, 3.8) is 0 Å². The fourth-order valence-corrected chi connectivity index (χ4v) is 4.93. The standard InChI is InChI=1S/C30H29N7O/c38-30(32-21-23-8-2-1-3-9-23)20-24-22-37(26-11-5-4-10-25(24)26)29-14-13-28(33-34-29)36-18-16-35(17-19-36)27-12-6-7-15-31-27/h1-15,22H,16-21H2,(H,32,38). The summed E-state index contributed by atoms with van der Waals surface area (Å²) >= 11 is 0. The number of hydrogen-bond donors (Lipinski definition) is 1. The van der Waals surface area contributed by atoms with Gasteiger partial charge in [-0.3, -0.25) is 9.36 Å². The minimum Gasteiger partial charge on any atom is -0.353 e. The Bertz CT molecular complexity index is 1510. The van der Waals surface area contributed by atoms with Crippen molar-refractivity contribution in [2.75, 3.05) is 36.0 Å². The molecule has 0 aliphatic carbocycles. The van der Waals surface area contributed by atoms with Crippen LogP contribution in [0.3, 0.4) is 0 Å². The molecule has 190 valence electrons. The van der Waals surface area contributed by atoms with E-state index < -0.39 is 0 Å². The number of piperazine rings is 1. The largest absolute Gasteiger partial charge is 0.353 e. The van der Waals surface area contributed by atoms with Gasteiger partial charge in [0.2, 0.25) is 5.91 Å². The van der Waals surface area contributed by atoms with Gasteiger partial charge in [-0.1, -0.05) is 54.6 Å². The van der Waals surface area contributed by atoms with Crippen LogP contribution >= 0.6 is 0 Å². The van der Waals surface area contributed by atoms with Crippen LogP contribution in [0.4, 0.5) is 11.6 Å². The van der Waals surface area contributed by atoms with Gasteiger partial charge in [0, 0.05) is 50.5 Å². The molecule has 1 amide bonds. The number of benzene rings is 2. The summed E-state index contributed by atoms with van der Waals surface area (Å²) < 4.78 is 2.02. The number of anilines is 2. The topological polar surface area (TPSA) is 79.2 Å². The predicted molar refractivity (Wildman–Crippen MR) is 150 cm³/mol. The Morgan fingerprint density at radius 1 is 0.737 bits per heavy atom. The summed E-state index contributed by atoms with van der Waals surface area (Å²) in [4.78, 5) is 21.8. The molecule has 2 aromatic carbocycles. The summed E-state index contributed by atoms with van der Waals surface area (Å²) in [7, 11) is 0. The number of rotatable bonds is 7. The molecule has 1 aliphatic rings. The van der Waals surface area contributed by atoms with Crippen LogP contribution in [-0.4, -0.2) is 51.8 Å². The Morgan fingerprint density at radius 3 is 2.16 bits per heavy atom. The van der Waals surface area contributed by atoms with Crippen molar-refractivity contribution in [2.24, 2.45) is 0 Å². The van der Waals surface area contributed by atoms with Crippen molar-refractivity contribution in [2.45, 2.75) is 13.0 Å². The van der Waals surface area contributed by atoms with Crippen LogP contribution in [0.15, 0.2) is 97.3 Å². The molecule has 3 aromatic heterocycles. The Labute approximate surface area is 221 Å². The maximum atomic E-state index is 12.7. The first-order valence-corrected chi connectivity index (χ1v) is 12.9. The van der Waals surface area contributed by atoms with Gasteiger partial charge in [-0.05, 0) is 41.5 Å². The fraction of sp³-hybridized carbons (Fsp3) is 0.200. The summed E-state index contributed by atoms with van der Waals surface area (Å²) in [5.41, 5.74) is 3.05. The minimum atomic E-state index is -0.0111. The molecule has 1 aliphatic heterocycles. The Balaban J connectivity index is 1.15. The molecule has 38 heavy (non-hydrogen) atoms. The van der Waals surface area contributed by atoms with Gasteiger partial charge in [-0.2, -0.15) is 0 Å². The van der Waals surface area contributed by atoms with Crippen molar-refractivity contribution in [1.82, 2.24) is 25.1 Å². The Kier molecular flexibility index (Phi) is 6.68. The molecule has 0 spiro atoms. The quantitative estimate of drug-likeness (QED) is 0.362. The maximum absolute atomic E-state index is 12.7. The van der Waals surface area contributed by atoms with Gasteiger partial charge in [-0.25, -0.2) is 4.98 Å². The van der Waals surface area contributed by atoms with Crippen molar-refractivity contribution in [3.05, 3.63) is 108 Å². The van der Waals surface area contributed by atoms with Gasteiger partial charge >= 0.3 is 0 Å². The van der Waals surface area contributed by atoms with Crippen molar-refractivity contribution < 1.29 is 4.79 Å². The van der Waals surface area contributed by atoms with E-state index in [-0.39, 0.29) is 5.91 Å². The van der Waals surface area contributed by atoms with Gasteiger partial charge in [0.05, 0.1) is 11.9 Å². The van der Waals surface area contributed by atoms with E-state index in [1.807, 2.05) is 95.8 Å². The molecular weight excluding hydrogens is 474 g/mol. The van der Waals surface area contributed by atoms with Crippen LogP contribution in [0, 0.1) is 0 Å². The molecular formula is C30H29N7O. The first-order chi connectivity index (χ1) is 18.7. The van der Waals surface area contributed by atoms with Gasteiger partial charge in [-0.15, -0.1) is 10.2 Å². The third-order valence-electron chi connectivity index (χ3n) is 6.94. The number of carbonyl (C=O) groups is 1. The maximum Gasteiger partial charge on any atom is 0.224 e. The molecule has 1 N–H and O–H groups in total. The summed E-state index contributed by atoms with van der Waals surface area (Å²) in [6, 6.07) is 28.1. The van der Waals surface area contributed by atoms with Gasteiger partial charge in [0.25, 0.3) is 0 Å². The van der Waals surface area contributed by atoms with E-state index in [1.54, 1.807) is 0 Å². The minimum absolute atomic E-state index is 0.0111. The molecule has 5 aromatic rings. The highest BCUT2D eigenvalue weighted by atomic mass is 16.1. The average molecular weight is 504 g/mol. The lowest BCUT2D eigenvalue weighted by Crippen LogP contribution is -2.47. The highest BCUT2D eigenvalue weighted by Crippen LogP contribution is 2.25. The lowest BCUT2D eigenvalue weighted by atomic mass is 10.1. The van der Waals surface area contributed by atoms with Crippen LogP contribution in [-0.2, 0) is 17.8 Å². The number of nitrogens with zero attached hydrogens (tertiary/aromatic N) is 6. The molecule has 1 saturated heterocycles. The average Bonchev–Trinajstić information content (AvgIpc) is 3.35. The molecule has 0 radical (unpaired) electrons. The van der Waals surface area contributed by atoms with Gasteiger partial charge in [0.1, 0.15) is 5.82 Å². The molecule has 8 heteroatoms. The molecule has 0 saturated carbocycles. The van der Waals surface area contributed by atoms with Crippen LogP contribution < -0.4 is 15.1 Å². The lowest BCUT2D eigenvalue weighted by molar-refractivity contribution is -0.120. The number of aromatic nitrogens is 4. The van der Waals surface area contributed by atoms with E-state index in [0.717, 1.165) is 65.7 Å². The lowest BCUT2D eigenvalue weighted by Gasteiger charge is -2.35. The van der Waals surface area contributed by atoms with E-state index in [9.17, 15) is 4.79 Å². The number of carbonyl (C=O) groups excluding carboxylic acids is 1. The van der Waals surface area contributed by atoms with Crippen molar-refractivity contribution >= 4 is 28.4 Å². The second-order valence-corrected chi connectivity index (χ2v) is 9.39. The smallest absolute Gasteiger partial charge is 0.224 e. The number of nitrogens with one attached hydrogen (secondary N) is 1. The fourth-order valence-electron chi connectivity index (χ4n) is 4.93.